The molecule has 0 aliphatic carbocycles. The molecule has 0 aliphatic heterocycles. The lowest BCUT2D eigenvalue weighted by atomic mass is 10.2. The molecule has 0 aromatic heterocycles. The summed E-state index contributed by atoms with van der Waals surface area (Å²) < 4.78 is 90.6. The maximum Gasteiger partial charge on any atom is 0.416 e. The monoisotopic (exact) mass is 546 g/mol. The number of benzene rings is 3. The second kappa shape index (κ2) is 10.6. The highest BCUT2D eigenvalue weighted by Gasteiger charge is 2.32. The molecule has 192 valence electrons. The highest BCUT2D eigenvalue weighted by atomic mass is 35.5. The number of halogens is 5. The third-order valence-electron chi connectivity index (χ3n) is 4.91. The van der Waals surface area contributed by atoms with E-state index in [2.05, 4.69) is 5.32 Å². The number of rotatable bonds is 8. The summed E-state index contributed by atoms with van der Waals surface area (Å²) in [5, 5.41) is 2.02. The maximum atomic E-state index is 13.5. The number of hydrogen-bond acceptors (Lipinski definition) is 5. The summed E-state index contributed by atoms with van der Waals surface area (Å²) in [6.45, 7) is -0.866. The van der Waals surface area contributed by atoms with Gasteiger partial charge in [-0.05, 0) is 54.6 Å². The van der Waals surface area contributed by atoms with Crippen LogP contribution in [0, 0.1) is 5.82 Å². The number of carbonyl (C=O) groups excluding carboxylic acids is 1. The van der Waals surface area contributed by atoms with E-state index in [0.29, 0.717) is 10.4 Å². The molecule has 3 aromatic carbocycles. The molecule has 0 aliphatic rings. The van der Waals surface area contributed by atoms with Crippen molar-refractivity contribution in [3.05, 3.63) is 77.1 Å². The van der Waals surface area contributed by atoms with Crippen molar-refractivity contribution >= 4 is 38.9 Å². The standard InChI is InChI=1S/C23H19ClF4N2O5S/c1-34-20-10-8-17(12-21(20)35-2)36(32,33)30(16-6-4-15(25)5-7-16)13-22(31)29-19-11-14(23(26,27)28)3-9-18(19)24/h3-12H,13H2,1-2H3,(H,29,31). The third kappa shape index (κ3) is 6.00. The average Bonchev–Trinajstić information content (AvgIpc) is 2.83. The Hall–Kier alpha value is -3.51. The minimum absolute atomic E-state index is 0.0727. The zero-order valence-electron chi connectivity index (χ0n) is 18.8. The molecule has 0 bridgehead atoms. The molecule has 0 heterocycles. The summed E-state index contributed by atoms with van der Waals surface area (Å²) in [7, 11) is -1.79. The molecule has 36 heavy (non-hydrogen) atoms. The average molecular weight is 547 g/mol. The van der Waals surface area contributed by atoms with Crippen molar-refractivity contribution in [3.63, 3.8) is 0 Å². The minimum Gasteiger partial charge on any atom is -0.493 e. The summed E-state index contributed by atoms with van der Waals surface area (Å²) in [5.74, 6) is -1.30. The molecule has 7 nitrogen and oxygen atoms in total. The summed E-state index contributed by atoms with van der Waals surface area (Å²) >= 11 is 5.93. The topological polar surface area (TPSA) is 84.9 Å². The van der Waals surface area contributed by atoms with E-state index in [9.17, 15) is 30.8 Å². The first-order valence-corrected chi connectivity index (χ1v) is 11.9. The lowest BCUT2D eigenvalue weighted by Gasteiger charge is -2.24. The van der Waals surface area contributed by atoms with E-state index < -0.39 is 40.0 Å². The van der Waals surface area contributed by atoms with Gasteiger partial charge in [0.2, 0.25) is 5.91 Å². The molecule has 0 radical (unpaired) electrons. The van der Waals surface area contributed by atoms with Crippen molar-refractivity contribution in [2.24, 2.45) is 0 Å². The Morgan fingerprint density at radius 1 is 0.972 bits per heavy atom. The van der Waals surface area contributed by atoms with Gasteiger partial charge >= 0.3 is 6.18 Å². The number of sulfonamides is 1. The van der Waals surface area contributed by atoms with Crippen LogP contribution in [-0.4, -0.2) is 35.1 Å². The normalized spacial score (nSPS) is 11.6. The van der Waals surface area contributed by atoms with Gasteiger partial charge in [0.25, 0.3) is 10.0 Å². The molecular formula is C23H19ClF4N2O5S. The first kappa shape index (κ1) is 27.1. The highest BCUT2D eigenvalue weighted by Crippen LogP contribution is 2.35. The Morgan fingerprint density at radius 2 is 1.61 bits per heavy atom. The van der Waals surface area contributed by atoms with Crippen molar-refractivity contribution in [1.29, 1.82) is 0 Å². The Labute approximate surface area is 209 Å². The van der Waals surface area contributed by atoms with Crippen LogP contribution in [0.25, 0.3) is 0 Å². The molecule has 0 saturated carbocycles. The summed E-state index contributed by atoms with van der Waals surface area (Å²) in [6.07, 6.45) is -4.69. The Bertz CT molecular complexity index is 1370. The van der Waals surface area contributed by atoms with Crippen molar-refractivity contribution in [2.45, 2.75) is 11.1 Å². The second-order valence-corrected chi connectivity index (χ2v) is 9.51. The van der Waals surface area contributed by atoms with Gasteiger partial charge in [-0.3, -0.25) is 9.10 Å². The summed E-state index contributed by atoms with van der Waals surface area (Å²) in [6, 6.07) is 10.3. The van der Waals surface area contributed by atoms with Crippen LogP contribution >= 0.6 is 11.6 Å². The van der Waals surface area contributed by atoms with Crippen LogP contribution in [0.15, 0.2) is 65.6 Å². The van der Waals surface area contributed by atoms with E-state index >= 15 is 0 Å². The number of amides is 1. The molecular weight excluding hydrogens is 528 g/mol. The van der Waals surface area contributed by atoms with Gasteiger partial charge in [0.1, 0.15) is 12.4 Å². The fourth-order valence-electron chi connectivity index (χ4n) is 3.14. The zero-order chi connectivity index (χ0) is 26.7. The van der Waals surface area contributed by atoms with Crippen LogP contribution in [0.5, 0.6) is 11.5 Å². The van der Waals surface area contributed by atoms with Gasteiger partial charge < -0.3 is 14.8 Å². The Kier molecular flexibility index (Phi) is 7.99. The van der Waals surface area contributed by atoms with Crippen LogP contribution in [0.1, 0.15) is 5.56 Å². The number of alkyl halides is 3. The number of nitrogens with zero attached hydrogens (tertiary/aromatic N) is 1. The van der Waals surface area contributed by atoms with Crippen molar-refractivity contribution in [1.82, 2.24) is 0 Å². The van der Waals surface area contributed by atoms with Gasteiger partial charge in [-0.2, -0.15) is 13.2 Å². The van der Waals surface area contributed by atoms with E-state index in [4.69, 9.17) is 21.1 Å². The fourth-order valence-corrected chi connectivity index (χ4v) is 4.75. The highest BCUT2D eigenvalue weighted by molar-refractivity contribution is 7.92. The van der Waals surface area contributed by atoms with E-state index in [1.54, 1.807) is 0 Å². The number of ether oxygens (including phenoxy) is 2. The number of carbonyl (C=O) groups is 1. The lowest BCUT2D eigenvalue weighted by Crippen LogP contribution is -2.38. The van der Waals surface area contributed by atoms with Gasteiger partial charge in [-0.15, -0.1) is 0 Å². The van der Waals surface area contributed by atoms with Gasteiger partial charge in [-0.1, -0.05) is 11.6 Å². The van der Waals surface area contributed by atoms with Crippen molar-refractivity contribution < 1.29 is 40.2 Å². The van der Waals surface area contributed by atoms with Crippen LogP contribution in [0.2, 0.25) is 5.02 Å². The van der Waals surface area contributed by atoms with Gasteiger partial charge in [0, 0.05) is 6.07 Å². The van der Waals surface area contributed by atoms with E-state index in [-0.39, 0.29) is 32.8 Å². The number of anilines is 2. The summed E-state index contributed by atoms with van der Waals surface area (Å²) in [4.78, 5) is 12.5. The van der Waals surface area contributed by atoms with E-state index in [1.807, 2.05) is 0 Å². The van der Waals surface area contributed by atoms with Gasteiger partial charge in [-0.25, -0.2) is 12.8 Å². The van der Waals surface area contributed by atoms with Crippen molar-refractivity contribution in [2.75, 3.05) is 30.4 Å². The predicted octanol–water partition coefficient (Wildman–Crippen LogP) is 5.35. The molecule has 0 spiro atoms. The number of nitrogens with one attached hydrogen (secondary N) is 1. The number of hydrogen-bond donors (Lipinski definition) is 1. The van der Waals surface area contributed by atoms with Gasteiger partial charge in [0.15, 0.2) is 11.5 Å². The van der Waals surface area contributed by atoms with Crippen molar-refractivity contribution in [3.8, 4) is 11.5 Å². The zero-order valence-corrected chi connectivity index (χ0v) is 20.3. The molecule has 0 atom stereocenters. The SMILES string of the molecule is COc1ccc(S(=O)(=O)N(CC(=O)Nc2cc(C(F)(F)F)ccc2Cl)c2ccc(F)cc2)cc1OC. The molecule has 1 amide bonds. The molecule has 1 N–H and O–H groups in total. The largest absolute Gasteiger partial charge is 0.493 e. The first-order valence-electron chi connectivity index (χ1n) is 10.0. The molecule has 0 fully saturated rings. The predicted molar refractivity (Wildman–Crippen MR) is 126 cm³/mol. The molecule has 0 unspecified atom stereocenters. The van der Waals surface area contributed by atoms with Crippen LogP contribution in [-0.2, 0) is 21.0 Å². The fraction of sp³-hybridized carbons (Fsp3) is 0.174. The second-order valence-electron chi connectivity index (χ2n) is 7.25. The smallest absolute Gasteiger partial charge is 0.416 e. The molecule has 0 saturated heterocycles. The van der Waals surface area contributed by atoms with Crippen LogP contribution in [0.4, 0.5) is 28.9 Å². The molecule has 3 aromatic rings. The third-order valence-corrected chi connectivity index (χ3v) is 7.01. The maximum absolute atomic E-state index is 13.5. The Balaban J connectivity index is 1.99. The van der Waals surface area contributed by atoms with Crippen LogP contribution in [0.3, 0.4) is 0 Å². The molecule has 3 rings (SSSR count). The first-order chi connectivity index (χ1) is 16.9. The lowest BCUT2D eigenvalue weighted by molar-refractivity contribution is -0.137. The number of methoxy groups -OCH3 is 2. The molecule has 13 heteroatoms. The Morgan fingerprint density at radius 3 is 2.19 bits per heavy atom. The van der Waals surface area contributed by atoms with E-state index in [1.165, 1.54) is 32.4 Å². The quantitative estimate of drug-likeness (QED) is 0.385. The minimum atomic E-state index is -4.69. The van der Waals surface area contributed by atoms with Gasteiger partial charge in [0.05, 0.1) is 41.1 Å². The van der Waals surface area contributed by atoms with E-state index in [0.717, 1.165) is 36.4 Å². The summed E-state index contributed by atoms with van der Waals surface area (Å²) in [5.41, 5.74) is -1.49. The van der Waals surface area contributed by atoms with Crippen LogP contribution < -0.4 is 19.1 Å².